The molecule has 1 aliphatic carbocycles. The van der Waals surface area contributed by atoms with Crippen molar-refractivity contribution in [2.24, 2.45) is 11.7 Å². The molecule has 1 heterocycles. The Morgan fingerprint density at radius 3 is 2.33 bits per heavy atom. The molecule has 1 saturated heterocycles. The Morgan fingerprint density at radius 1 is 1.10 bits per heavy atom. The number of hydrogen-bond donors (Lipinski definition) is 5. The summed E-state index contributed by atoms with van der Waals surface area (Å²) in [7, 11) is -3.72. The van der Waals surface area contributed by atoms with Gasteiger partial charge < -0.3 is 21.1 Å². The number of carbonyl (C=O) groups excluding carboxylic acids is 2. The Bertz CT molecular complexity index is 1170. The number of phenolic OH excluding ortho intramolecular Hbond substituents is 1. The van der Waals surface area contributed by atoms with E-state index in [1.807, 2.05) is 0 Å². The van der Waals surface area contributed by atoms with Gasteiger partial charge in [0, 0.05) is 18.7 Å². The van der Waals surface area contributed by atoms with Crippen molar-refractivity contribution >= 4 is 40.1 Å². The lowest BCUT2D eigenvalue weighted by Gasteiger charge is -2.31. The minimum atomic E-state index is -3.72. The zero-order valence-corrected chi connectivity index (χ0v) is 23.2. The van der Waals surface area contributed by atoms with E-state index < -0.39 is 80.6 Å². The smallest absolute Gasteiger partial charge is 0.243 e. The molecular weight excluding hydrogens is 563 g/mol. The highest BCUT2D eigenvalue weighted by Gasteiger charge is 2.39. The maximum absolute atomic E-state index is 14.5. The van der Waals surface area contributed by atoms with Gasteiger partial charge in [-0.2, -0.15) is 0 Å². The lowest BCUT2D eigenvalue weighted by molar-refractivity contribution is -0.140. The fourth-order valence-electron chi connectivity index (χ4n) is 5.15. The van der Waals surface area contributed by atoms with E-state index in [0.29, 0.717) is 12.8 Å². The number of phenols is 1. The molecule has 3 rings (SSSR count). The van der Waals surface area contributed by atoms with Crippen molar-refractivity contribution in [3.63, 3.8) is 0 Å². The molecule has 15 heteroatoms. The molecule has 39 heavy (non-hydrogen) atoms. The Balaban J connectivity index is 0.00000533. The monoisotopic (exact) mass is 597 g/mol. The van der Waals surface area contributed by atoms with Crippen LogP contribution in [0.5, 0.6) is 5.75 Å². The third-order valence-corrected chi connectivity index (χ3v) is 8.63. The number of hydrogen-bond acceptors (Lipinski definition) is 6. The molecule has 0 unspecified atom stereocenters. The van der Waals surface area contributed by atoms with Crippen LogP contribution >= 0.6 is 12.4 Å². The summed E-state index contributed by atoms with van der Waals surface area (Å²) in [6.45, 7) is 0.807. The Kier molecular flexibility index (Phi) is 11.4. The number of aromatic hydroxyl groups is 1. The van der Waals surface area contributed by atoms with E-state index in [0.717, 1.165) is 32.1 Å². The number of amides is 2. The highest BCUT2D eigenvalue weighted by molar-refractivity contribution is 7.89. The van der Waals surface area contributed by atoms with Crippen LogP contribution in [0.15, 0.2) is 0 Å². The van der Waals surface area contributed by atoms with E-state index >= 15 is 0 Å². The van der Waals surface area contributed by atoms with Gasteiger partial charge in [0.15, 0.2) is 23.2 Å². The third kappa shape index (κ3) is 7.54. The average Bonchev–Trinajstić information content (AvgIpc) is 3.37. The second-order valence-electron chi connectivity index (χ2n) is 9.78. The second-order valence-corrected chi connectivity index (χ2v) is 11.8. The first kappa shape index (κ1) is 32.6. The summed E-state index contributed by atoms with van der Waals surface area (Å²) in [4.78, 5) is 27.7. The first-order valence-electron chi connectivity index (χ1n) is 12.7. The standard InChI is InChI=1S/C24H34F3N5O5S.ClH/c1-2-38(36,37)31-15(11-13-7-4-3-5-8-13)24(35)32-10-6-9-16(32)23(34)30-12-14-18(25)20(27)17(22(28)29)21(33)19(14)26;/h13,15-16,31,33H,2-12H2,1H3,(H3,28,29)(H,30,34);1H/t15-,16+;/m1./s1. The molecule has 2 atom stereocenters. The number of sulfonamides is 1. The van der Waals surface area contributed by atoms with Crippen LogP contribution in [-0.4, -0.2) is 60.5 Å². The molecule has 2 amide bonds. The van der Waals surface area contributed by atoms with E-state index in [1.165, 1.54) is 11.8 Å². The third-order valence-electron chi connectivity index (χ3n) is 7.23. The number of nitrogens with two attached hydrogens (primary N) is 1. The number of rotatable bonds is 10. The number of nitrogens with zero attached hydrogens (tertiary/aromatic N) is 1. The Hall–Kier alpha value is -2.58. The molecule has 10 nitrogen and oxygen atoms in total. The highest BCUT2D eigenvalue weighted by Crippen LogP contribution is 2.31. The van der Waals surface area contributed by atoms with Crippen LogP contribution in [0.1, 0.15) is 69.4 Å². The quantitative estimate of drug-likeness (QED) is 0.158. The van der Waals surface area contributed by atoms with Crippen molar-refractivity contribution in [3.05, 3.63) is 28.6 Å². The van der Waals surface area contributed by atoms with E-state index in [2.05, 4.69) is 10.0 Å². The Labute approximate surface area is 231 Å². The van der Waals surface area contributed by atoms with Crippen LogP contribution < -0.4 is 15.8 Å². The van der Waals surface area contributed by atoms with Gasteiger partial charge in [0.05, 0.1) is 11.3 Å². The number of nitrogen functional groups attached to an aromatic ring is 1. The fourth-order valence-corrected chi connectivity index (χ4v) is 5.95. The fraction of sp³-hybridized carbons (Fsp3) is 0.625. The molecule has 6 N–H and O–H groups in total. The number of halogens is 4. The zero-order valence-electron chi connectivity index (χ0n) is 21.6. The second kappa shape index (κ2) is 13.7. The number of carbonyl (C=O) groups is 2. The van der Waals surface area contributed by atoms with Gasteiger partial charge in [0.1, 0.15) is 17.9 Å². The van der Waals surface area contributed by atoms with Crippen LogP contribution in [0.25, 0.3) is 0 Å². The van der Waals surface area contributed by atoms with Gasteiger partial charge >= 0.3 is 0 Å². The van der Waals surface area contributed by atoms with Crippen LogP contribution in [0, 0.1) is 28.8 Å². The molecule has 1 saturated carbocycles. The summed E-state index contributed by atoms with van der Waals surface area (Å²) in [6, 6.07) is -2.07. The van der Waals surface area contributed by atoms with E-state index in [1.54, 1.807) is 0 Å². The van der Waals surface area contributed by atoms with Crippen molar-refractivity contribution in [2.45, 2.75) is 76.9 Å². The van der Waals surface area contributed by atoms with Crippen LogP contribution in [0.2, 0.25) is 0 Å². The normalized spacial score (nSPS) is 18.9. The summed E-state index contributed by atoms with van der Waals surface area (Å²) in [5, 5.41) is 19.3. The minimum absolute atomic E-state index is 0. The van der Waals surface area contributed by atoms with Crippen molar-refractivity contribution in [3.8, 4) is 5.75 Å². The largest absolute Gasteiger partial charge is 0.504 e. The van der Waals surface area contributed by atoms with Gasteiger partial charge in [-0.15, -0.1) is 12.4 Å². The molecule has 1 aliphatic heterocycles. The summed E-state index contributed by atoms with van der Waals surface area (Å²) >= 11 is 0. The van der Waals surface area contributed by atoms with Gasteiger partial charge in [-0.1, -0.05) is 32.1 Å². The number of nitrogens with one attached hydrogen (secondary N) is 3. The van der Waals surface area contributed by atoms with Gasteiger partial charge in [0.25, 0.3) is 0 Å². The first-order valence-corrected chi connectivity index (χ1v) is 14.3. The molecular formula is C24H35ClF3N5O5S. The van der Waals surface area contributed by atoms with Gasteiger partial charge in [-0.3, -0.25) is 15.0 Å². The maximum Gasteiger partial charge on any atom is 0.243 e. The van der Waals surface area contributed by atoms with Crippen molar-refractivity contribution < 1.29 is 36.3 Å². The predicted molar refractivity (Wildman–Crippen MR) is 140 cm³/mol. The molecule has 0 bridgehead atoms. The van der Waals surface area contributed by atoms with Gasteiger partial charge in [0.2, 0.25) is 21.8 Å². The van der Waals surface area contributed by atoms with Crippen LogP contribution in [-0.2, 0) is 26.2 Å². The summed E-state index contributed by atoms with van der Waals surface area (Å²) in [5.41, 5.74) is 2.99. The summed E-state index contributed by atoms with van der Waals surface area (Å²) < 4.78 is 70.4. The minimum Gasteiger partial charge on any atom is -0.504 e. The molecule has 1 aromatic rings. The van der Waals surface area contributed by atoms with E-state index in [9.17, 15) is 36.3 Å². The average molecular weight is 598 g/mol. The van der Waals surface area contributed by atoms with Crippen molar-refractivity contribution in [2.75, 3.05) is 12.3 Å². The number of benzene rings is 1. The molecule has 0 aromatic heterocycles. The van der Waals surface area contributed by atoms with Gasteiger partial charge in [-0.05, 0) is 32.1 Å². The van der Waals surface area contributed by atoms with Gasteiger partial charge in [-0.25, -0.2) is 26.3 Å². The SMILES string of the molecule is CCS(=O)(=O)N[C@H](CC1CCCCC1)C(=O)N1CCC[C@H]1C(=O)NCc1c(F)c(O)c(C(=N)N)c(F)c1F.Cl. The number of likely N-dealkylation sites (tertiary alicyclic amines) is 1. The van der Waals surface area contributed by atoms with Crippen LogP contribution in [0.3, 0.4) is 0 Å². The highest BCUT2D eigenvalue weighted by atomic mass is 35.5. The topological polar surface area (TPSA) is 166 Å². The zero-order chi connectivity index (χ0) is 28.2. The summed E-state index contributed by atoms with van der Waals surface area (Å²) in [6.07, 6.45) is 5.84. The molecule has 2 aliphatic rings. The summed E-state index contributed by atoms with van der Waals surface area (Å²) in [5.74, 6) is -8.80. The van der Waals surface area contributed by atoms with E-state index in [4.69, 9.17) is 11.1 Å². The lowest BCUT2D eigenvalue weighted by atomic mass is 9.84. The molecule has 0 radical (unpaired) electrons. The maximum atomic E-state index is 14.5. The first-order chi connectivity index (χ1) is 17.9. The van der Waals surface area contributed by atoms with E-state index in [-0.39, 0.29) is 37.0 Å². The van der Waals surface area contributed by atoms with Crippen molar-refractivity contribution in [1.82, 2.24) is 14.9 Å². The Morgan fingerprint density at radius 2 is 1.74 bits per heavy atom. The lowest BCUT2D eigenvalue weighted by Crippen LogP contribution is -2.54. The predicted octanol–water partition coefficient (Wildman–Crippen LogP) is 2.40. The van der Waals surface area contributed by atoms with Crippen LogP contribution in [0.4, 0.5) is 13.2 Å². The molecule has 2 fully saturated rings. The molecule has 1 aromatic carbocycles. The van der Waals surface area contributed by atoms with Crippen molar-refractivity contribution in [1.29, 1.82) is 5.41 Å². The molecule has 0 spiro atoms. The molecule has 220 valence electrons. The number of amidine groups is 1.